The fraction of sp³-hybridized carbons (Fsp3) is 0.611. The van der Waals surface area contributed by atoms with Crippen LogP contribution in [0.15, 0.2) is 24.3 Å². The number of nitrogens with one attached hydrogen (secondary N) is 1. The molecule has 2 heterocycles. The molecular formula is C18H25ClN2O7S. The molecule has 1 aromatic rings. The van der Waals surface area contributed by atoms with E-state index in [-0.39, 0.29) is 32.2 Å². The van der Waals surface area contributed by atoms with Gasteiger partial charge >= 0.3 is 0 Å². The van der Waals surface area contributed by atoms with E-state index in [2.05, 4.69) is 0 Å². The second-order valence-corrected chi connectivity index (χ2v) is 9.83. The molecule has 1 aromatic carbocycles. The first kappa shape index (κ1) is 22.4. The van der Waals surface area contributed by atoms with Crippen molar-refractivity contribution >= 4 is 27.5 Å². The van der Waals surface area contributed by atoms with Crippen molar-refractivity contribution in [2.24, 2.45) is 0 Å². The molecule has 11 heteroatoms. The number of benzene rings is 1. The highest BCUT2D eigenvalue weighted by molar-refractivity contribution is 7.89. The lowest BCUT2D eigenvalue weighted by molar-refractivity contribution is -0.161. The van der Waals surface area contributed by atoms with E-state index < -0.39 is 33.4 Å². The molecule has 3 N–H and O–H groups in total. The fourth-order valence-corrected chi connectivity index (χ4v) is 6.08. The Morgan fingerprint density at radius 2 is 2.07 bits per heavy atom. The average Bonchev–Trinajstić information content (AvgIpc) is 2.72. The number of piperidine rings is 1. The van der Waals surface area contributed by atoms with Crippen LogP contribution in [-0.4, -0.2) is 72.2 Å². The number of halogens is 1. The normalized spacial score (nSPS) is 26.9. The van der Waals surface area contributed by atoms with E-state index in [9.17, 15) is 18.3 Å². The molecule has 3 rings (SSSR count). The van der Waals surface area contributed by atoms with Crippen molar-refractivity contribution in [2.45, 2.75) is 42.8 Å². The van der Waals surface area contributed by atoms with Gasteiger partial charge in [-0.05, 0) is 37.0 Å². The molecule has 2 atom stereocenters. The maximum absolute atomic E-state index is 13.1. The van der Waals surface area contributed by atoms with Crippen LogP contribution in [-0.2, 0) is 30.9 Å². The molecule has 2 saturated heterocycles. The monoisotopic (exact) mass is 448 g/mol. The maximum Gasteiger partial charge on any atom is 0.279 e. The smallest absolute Gasteiger partial charge is 0.279 e. The number of aliphatic hydroxyl groups is 1. The Morgan fingerprint density at radius 1 is 1.34 bits per heavy atom. The Kier molecular flexibility index (Phi) is 7.15. The molecule has 162 valence electrons. The van der Waals surface area contributed by atoms with Crippen LogP contribution in [0.2, 0.25) is 5.02 Å². The second-order valence-electron chi connectivity index (χ2n) is 7.28. The van der Waals surface area contributed by atoms with E-state index in [1.807, 2.05) is 18.2 Å². The summed E-state index contributed by atoms with van der Waals surface area (Å²) >= 11 is 5.96. The summed E-state index contributed by atoms with van der Waals surface area (Å²) in [6.45, 7) is 0.425. The maximum atomic E-state index is 13.1. The molecule has 1 amide bonds. The first-order valence-electron chi connectivity index (χ1n) is 9.37. The summed E-state index contributed by atoms with van der Waals surface area (Å²) in [5.41, 5.74) is -0.0597. The predicted molar refractivity (Wildman–Crippen MR) is 104 cm³/mol. The van der Waals surface area contributed by atoms with E-state index in [0.717, 1.165) is 5.56 Å². The molecule has 9 nitrogen and oxygen atoms in total. The van der Waals surface area contributed by atoms with Gasteiger partial charge in [0.15, 0.2) is 5.60 Å². The molecule has 0 bridgehead atoms. The lowest BCUT2D eigenvalue weighted by Crippen LogP contribution is -2.64. The van der Waals surface area contributed by atoms with Gasteiger partial charge in [0.25, 0.3) is 5.91 Å². The van der Waals surface area contributed by atoms with E-state index in [0.29, 0.717) is 24.5 Å². The summed E-state index contributed by atoms with van der Waals surface area (Å²) in [5.74, 6) is -1.19. The van der Waals surface area contributed by atoms with E-state index in [4.69, 9.17) is 26.3 Å². The van der Waals surface area contributed by atoms with Crippen molar-refractivity contribution in [3.05, 3.63) is 34.9 Å². The number of rotatable bonds is 6. The fourth-order valence-electron chi connectivity index (χ4n) is 3.73. The summed E-state index contributed by atoms with van der Waals surface area (Å²) in [6.07, 6.45) is 0.841. The third-order valence-corrected chi connectivity index (χ3v) is 8.03. The van der Waals surface area contributed by atoms with Gasteiger partial charge < -0.3 is 14.6 Å². The zero-order valence-electron chi connectivity index (χ0n) is 15.8. The molecule has 0 spiro atoms. The van der Waals surface area contributed by atoms with Crippen LogP contribution < -0.4 is 5.48 Å². The summed E-state index contributed by atoms with van der Waals surface area (Å²) in [4.78, 5) is 11.9. The van der Waals surface area contributed by atoms with Crippen molar-refractivity contribution in [3.8, 4) is 0 Å². The van der Waals surface area contributed by atoms with Crippen LogP contribution in [0.1, 0.15) is 24.8 Å². The topological polar surface area (TPSA) is 125 Å². The van der Waals surface area contributed by atoms with Crippen molar-refractivity contribution in [1.82, 2.24) is 9.79 Å². The van der Waals surface area contributed by atoms with Gasteiger partial charge in [0.05, 0.1) is 19.3 Å². The molecule has 0 aromatic heterocycles. The minimum atomic E-state index is -3.99. The van der Waals surface area contributed by atoms with Gasteiger partial charge in [-0.15, -0.1) is 0 Å². The molecular weight excluding hydrogens is 424 g/mol. The number of carbonyl (C=O) groups excluding carboxylic acids is 1. The molecule has 2 fully saturated rings. The van der Waals surface area contributed by atoms with Gasteiger partial charge in [0, 0.05) is 24.7 Å². The third-order valence-electron chi connectivity index (χ3n) is 5.37. The molecule has 29 heavy (non-hydrogen) atoms. The molecule has 0 aliphatic carbocycles. The highest BCUT2D eigenvalue weighted by Gasteiger charge is 2.54. The minimum absolute atomic E-state index is 0.0442. The number of ether oxygens (including phenoxy) is 2. The number of carbonyl (C=O) groups is 1. The van der Waals surface area contributed by atoms with E-state index in [1.54, 1.807) is 6.07 Å². The van der Waals surface area contributed by atoms with Crippen LogP contribution in [0.25, 0.3) is 0 Å². The Hall–Kier alpha value is -1.27. The quantitative estimate of drug-likeness (QED) is 0.431. The van der Waals surface area contributed by atoms with Crippen LogP contribution in [0.4, 0.5) is 0 Å². The van der Waals surface area contributed by atoms with Crippen LogP contribution in [0.5, 0.6) is 0 Å². The average molecular weight is 449 g/mol. The molecule has 0 radical (unpaired) electrons. The molecule has 2 aliphatic heterocycles. The SMILES string of the molecule is O=C(NO)C1(O)COCCC1S(=O)(=O)N1CCC(OCc2cccc(Cl)c2)CC1. The minimum Gasteiger partial charge on any atom is -0.378 e. The Bertz CT molecular complexity index is 829. The van der Waals surface area contributed by atoms with Crippen molar-refractivity contribution in [3.63, 3.8) is 0 Å². The molecule has 2 aliphatic rings. The Labute approximate surface area is 174 Å². The predicted octanol–water partition coefficient (Wildman–Crippen LogP) is 0.676. The molecule has 0 saturated carbocycles. The number of amides is 1. The lowest BCUT2D eigenvalue weighted by atomic mass is 9.95. The second kappa shape index (κ2) is 9.25. The van der Waals surface area contributed by atoms with Crippen LogP contribution >= 0.6 is 11.6 Å². The van der Waals surface area contributed by atoms with Gasteiger partial charge in [-0.2, -0.15) is 0 Å². The number of sulfonamides is 1. The summed E-state index contributed by atoms with van der Waals surface area (Å²) in [7, 11) is -3.99. The van der Waals surface area contributed by atoms with Gasteiger partial charge in [-0.3, -0.25) is 10.0 Å². The standard InChI is InChI=1S/C18H25ClN2O7S/c19-14-3-1-2-13(10-14)11-28-15-4-7-21(8-5-15)29(25,26)16-6-9-27-12-18(16,23)17(22)20-24/h1-3,10,15-16,23-24H,4-9,11-12H2,(H,20,22). The Balaban J connectivity index is 1.61. The van der Waals surface area contributed by atoms with E-state index in [1.165, 1.54) is 9.79 Å². The first-order valence-corrected chi connectivity index (χ1v) is 11.2. The zero-order valence-corrected chi connectivity index (χ0v) is 17.4. The van der Waals surface area contributed by atoms with Crippen molar-refractivity contribution in [1.29, 1.82) is 0 Å². The Morgan fingerprint density at radius 3 is 2.72 bits per heavy atom. The highest BCUT2D eigenvalue weighted by Crippen LogP contribution is 2.31. The number of nitrogens with zero attached hydrogens (tertiary/aromatic N) is 1. The van der Waals surface area contributed by atoms with Gasteiger partial charge in [0.1, 0.15) is 5.25 Å². The van der Waals surface area contributed by atoms with Gasteiger partial charge in [0.2, 0.25) is 10.0 Å². The van der Waals surface area contributed by atoms with E-state index >= 15 is 0 Å². The van der Waals surface area contributed by atoms with Crippen molar-refractivity contribution in [2.75, 3.05) is 26.3 Å². The third kappa shape index (κ3) is 4.91. The number of hydroxylamine groups is 1. The summed E-state index contributed by atoms with van der Waals surface area (Å²) < 4.78 is 38.4. The van der Waals surface area contributed by atoms with Crippen molar-refractivity contribution < 1.29 is 33.0 Å². The first-order chi connectivity index (χ1) is 13.8. The van der Waals surface area contributed by atoms with Gasteiger partial charge in [-0.25, -0.2) is 18.2 Å². The lowest BCUT2D eigenvalue weighted by Gasteiger charge is -2.41. The number of hydrogen-bond donors (Lipinski definition) is 3. The van der Waals surface area contributed by atoms with Crippen LogP contribution in [0, 0.1) is 0 Å². The largest absolute Gasteiger partial charge is 0.378 e. The summed E-state index contributed by atoms with van der Waals surface area (Å²) in [6, 6.07) is 7.35. The molecule has 2 unspecified atom stereocenters. The number of hydrogen-bond acceptors (Lipinski definition) is 7. The highest BCUT2D eigenvalue weighted by atomic mass is 35.5. The zero-order chi connectivity index (χ0) is 21.1. The van der Waals surface area contributed by atoms with Gasteiger partial charge in [-0.1, -0.05) is 23.7 Å². The van der Waals surface area contributed by atoms with Crippen LogP contribution in [0.3, 0.4) is 0 Å². The summed E-state index contributed by atoms with van der Waals surface area (Å²) in [5, 5.41) is 18.8.